The fourth-order valence-electron chi connectivity index (χ4n) is 1.38. The second-order valence-corrected chi connectivity index (χ2v) is 3.80. The third-order valence-electron chi connectivity index (χ3n) is 2.43. The Morgan fingerprint density at radius 3 is 2.56 bits per heavy atom. The molecule has 1 aromatic rings. The maximum absolute atomic E-state index is 11.4. The lowest BCUT2D eigenvalue weighted by atomic mass is 10.0. The average Bonchev–Trinajstić information content (AvgIpc) is 2.30. The molecule has 0 radical (unpaired) electrons. The largest absolute Gasteiger partial charge is 0.478 e. The molecule has 5 nitrogen and oxygen atoms in total. The van der Waals surface area contributed by atoms with Crippen molar-refractivity contribution in [2.75, 3.05) is 11.9 Å². The van der Waals surface area contributed by atoms with Crippen molar-refractivity contribution in [3.63, 3.8) is 0 Å². The lowest BCUT2D eigenvalue weighted by Gasteiger charge is -2.11. The highest BCUT2D eigenvalue weighted by Crippen LogP contribution is 2.21. The minimum atomic E-state index is -1.10. The van der Waals surface area contributed by atoms with Gasteiger partial charge in [-0.2, -0.15) is 0 Å². The maximum atomic E-state index is 11.4. The summed E-state index contributed by atoms with van der Waals surface area (Å²) in [7, 11) is 0. The average molecular weight is 249 g/mol. The summed E-state index contributed by atoms with van der Waals surface area (Å²) in [6.07, 6.45) is 0.721. The van der Waals surface area contributed by atoms with Gasteiger partial charge >= 0.3 is 12.1 Å². The zero-order valence-electron chi connectivity index (χ0n) is 10.3. The van der Waals surface area contributed by atoms with Crippen LogP contribution in [0, 0.1) is 13.8 Å². The van der Waals surface area contributed by atoms with Gasteiger partial charge in [0.1, 0.15) is 6.61 Å². The molecule has 0 spiro atoms. The summed E-state index contributed by atoms with van der Waals surface area (Å²) in [4.78, 5) is 22.4. The number of aryl methyl sites for hydroxylation is 2. The van der Waals surface area contributed by atoms with E-state index in [-0.39, 0.29) is 17.9 Å². The molecule has 0 heterocycles. The van der Waals surface area contributed by atoms with Crippen molar-refractivity contribution >= 4 is 17.7 Å². The summed E-state index contributed by atoms with van der Waals surface area (Å²) < 4.78 is 4.74. The molecular weight excluding hydrogens is 234 g/mol. The number of hydrogen-bond acceptors (Lipinski definition) is 3. The van der Waals surface area contributed by atoms with Crippen LogP contribution >= 0.6 is 0 Å². The van der Waals surface area contributed by atoms with E-state index in [4.69, 9.17) is 9.84 Å². The third kappa shape index (κ3) is 3.35. The smallest absolute Gasteiger partial charge is 0.411 e. The number of rotatable bonds is 4. The van der Waals surface area contributed by atoms with Crippen LogP contribution in [-0.4, -0.2) is 23.8 Å². The fraction of sp³-hybridized carbons (Fsp3) is 0.231. The van der Waals surface area contributed by atoms with Crippen LogP contribution in [0.15, 0.2) is 24.8 Å². The number of carboxylic acid groups (broad SMARTS) is 1. The first-order chi connectivity index (χ1) is 8.45. The van der Waals surface area contributed by atoms with Crippen LogP contribution in [-0.2, 0) is 4.74 Å². The monoisotopic (exact) mass is 249 g/mol. The second-order valence-electron chi connectivity index (χ2n) is 3.80. The molecule has 18 heavy (non-hydrogen) atoms. The van der Waals surface area contributed by atoms with Crippen LogP contribution in [0.4, 0.5) is 10.5 Å². The standard InChI is InChI=1S/C13H15NO4/c1-4-5-18-13(17)14-11-7-9(3)8(2)6-10(11)12(15)16/h4,6-7H,1,5H2,2-3H3,(H,14,17)(H,15,16). The quantitative estimate of drug-likeness (QED) is 0.804. The van der Waals surface area contributed by atoms with Gasteiger partial charge in [-0.05, 0) is 37.1 Å². The minimum Gasteiger partial charge on any atom is -0.478 e. The van der Waals surface area contributed by atoms with Crippen molar-refractivity contribution in [2.45, 2.75) is 13.8 Å². The van der Waals surface area contributed by atoms with E-state index in [1.165, 1.54) is 12.1 Å². The number of ether oxygens (including phenoxy) is 1. The van der Waals surface area contributed by atoms with Crippen molar-refractivity contribution in [1.82, 2.24) is 0 Å². The first kappa shape index (κ1) is 13.8. The molecule has 0 aliphatic carbocycles. The first-order valence-corrected chi connectivity index (χ1v) is 5.35. The van der Waals surface area contributed by atoms with E-state index in [0.717, 1.165) is 11.1 Å². The van der Waals surface area contributed by atoms with E-state index in [2.05, 4.69) is 11.9 Å². The molecule has 0 fully saturated rings. The lowest BCUT2D eigenvalue weighted by molar-refractivity contribution is 0.0698. The van der Waals surface area contributed by atoms with E-state index < -0.39 is 12.1 Å². The van der Waals surface area contributed by atoms with Gasteiger partial charge in [0, 0.05) is 0 Å². The van der Waals surface area contributed by atoms with Crippen molar-refractivity contribution < 1.29 is 19.4 Å². The molecule has 0 aromatic heterocycles. The van der Waals surface area contributed by atoms with Crippen LogP contribution in [0.1, 0.15) is 21.5 Å². The number of amides is 1. The fourth-order valence-corrected chi connectivity index (χ4v) is 1.38. The molecule has 1 amide bonds. The van der Waals surface area contributed by atoms with Crippen molar-refractivity contribution in [3.8, 4) is 0 Å². The summed E-state index contributed by atoms with van der Waals surface area (Å²) in [5.41, 5.74) is 1.99. The molecule has 0 saturated carbocycles. The van der Waals surface area contributed by atoms with Crippen LogP contribution in [0.25, 0.3) is 0 Å². The van der Waals surface area contributed by atoms with Crippen LogP contribution in [0.5, 0.6) is 0 Å². The first-order valence-electron chi connectivity index (χ1n) is 5.35. The van der Waals surface area contributed by atoms with Gasteiger partial charge in [0.25, 0.3) is 0 Å². The zero-order chi connectivity index (χ0) is 13.7. The normalized spacial score (nSPS) is 9.67. The van der Waals surface area contributed by atoms with Crippen LogP contribution in [0.2, 0.25) is 0 Å². The van der Waals surface area contributed by atoms with Crippen molar-refractivity contribution in [2.24, 2.45) is 0 Å². The molecule has 0 atom stereocenters. The Balaban J connectivity index is 3.00. The van der Waals surface area contributed by atoms with Crippen molar-refractivity contribution in [3.05, 3.63) is 41.5 Å². The third-order valence-corrected chi connectivity index (χ3v) is 2.43. The van der Waals surface area contributed by atoms with Crippen LogP contribution < -0.4 is 5.32 Å². The highest BCUT2D eigenvalue weighted by molar-refractivity contribution is 5.99. The summed E-state index contributed by atoms with van der Waals surface area (Å²) in [5, 5.41) is 11.5. The number of aromatic carboxylic acids is 1. The molecule has 0 aliphatic rings. The van der Waals surface area contributed by atoms with Gasteiger partial charge in [-0.15, -0.1) is 0 Å². The highest BCUT2D eigenvalue weighted by Gasteiger charge is 2.14. The number of carbonyl (C=O) groups excluding carboxylic acids is 1. The number of carboxylic acids is 1. The Kier molecular flexibility index (Phi) is 4.48. The SMILES string of the molecule is C=CCOC(=O)Nc1cc(C)c(C)cc1C(=O)O. The predicted molar refractivity (Wildman–Crippen MR) is 68.0 cm³/mol. The molecule has 0 saturated heterocycles. The summed E-state index contributed by atoms with van der Waals surface area (Å²) in [6.45, 7) is 7.12. The van der Waals surface area contributed by atoms with Gasteiger partial charge in [-0.1, -0.05) is 12.7 Å². The van der Waals surface area contributed by atoms with E-state index in [1.807, 2.05) is 13.8 Å². The zero-order valence-corrected chi connectivity index (χ0v) is 10.3. The number of nitrogens with one attached hydrogen (secondary N) is 1. The number of anilines is 1. The highest BCUT2D eigenvalue weighted by atomic mass is 16.5. The molecule has 1 aromatic carbocycles. The molecule has 2 N–H and O–H groups in total. The Morgan fingerprint density at radius 2 is 2.00 bits per heavy atom. The van der Waals surface area contributed by atoms with Gasteiger partial charge in [-0.25, -0.2) is 9.59 Å². The van der Waals surface area contributed by atoms with E-state index in [1.54, 1.807) is 6.07 Å². The van der Waals surface area contributed by atoms with E-state index in [9.17, 15) is 9.59 Å². The predicted octanol–water partition coefficient (Wildman–Crippen LogP) is 2.74. The van der Waals surface area contributed by atoms with Crippen molar-refractivity contribution in [1.29, 1.82) is 0 Å². The number of carbonyl (C=O) groups is 2. The number of hydrogen-bond donors (Lipinski definition) is 2. The van der Waals surface area contributed by atoms with E-state index in [0.29, 0.717) is 0 Å². The molecular formula is C13H15NO4. The summed E-state index contributed by atoms with van der Waals surface area (Å²) in [6, 6.07) is 3.12. The molecule has 5 heteroatoms. The van der Waals surface area contributed by atoms with Gasteiger partial charge in [-0.3, -0.25) is 5.32 Å². The molecule has 96 valence electrons. The van der Waals surface area contributed by atoms with Gasteiger partial charge in [0.05, 0.1) is 11.3 Å². The topological polar surface area (TPSA) is 75.6 Å². The Morgan fingerprint density at radius 1 is 1.39 bits per heavy atom. The molecule has 1 rings (SSSR count). The van der Waals surface area contributed by atoms with Gasteiger partial charge in [0.2, 0.25) is 0 Å². The van der Waals surface area contributed by atoms with Gasteiger partial charge < -0.3 is 9.84 Å². The Labute approximate surface area is 105 Å². The maximum Gasteiger partial charge on any atom is 0.411 e. The van der Waals surface area contributed by atoms with E-state index >= 15 is 0 Å². The Hall–Kier alpha value is -2.30. The van der Waals surface area contributed by atoms with Gasteiger partial charge in [0.15, 0.2) is 0 Å². The summed E-state index contributed by atoms with van der Waals surface area (Å²) in [5.74, 6) is -1.10. The minimum absolute atomic E-state index is 0.0358. The number of benzene rings is 1. The van der Waals surface area contributed by atoms with Crippen LogP contribution in [0.3, 0.4) is 0 Å². The Bertz CT molecular complexity index is 494. The molecule has 0 aliphatic heterocycles. The molecule has 0 bridgehead atoms. The summed E-state index contributed by atoms with van der Waals surface area (Å²) >= 11 is 0. The molecule has 0 unspecified atom stereocenters. The second kappa shape index (κ2) is 5.86. The lowest BCUT2D eigenvalue weighted by Crippen LogP contribution is -2.16.